The molecule has 0 spiro atoms. The average Bonchev–Trinajstić information content (AvgIpc) is 2.19. The smallest absolute Gasteiger partial charge is 0.207 e. The van der Waals surface area contributed by atoms with E-state index in [-0.39, 0.29) is 6.71 Å². The molecule has 2 rings (SSSR count). The molecule has 0 unspecified atom stereocenters. The summed E-state index contributed by atoms with van der Waals surface area (Å²) in [6, 6.07) is 3.74. The Balaban J connectivity index is 2.32. The van der Waals surface area contributed by atoms with Crippen LogP contribution in [-0.2, 0) is 0 Å². The van der Waals surface area contributed by atoms with Gasteiger partial charge in [0.05, 0.1) is 0 Å². The lowest BCUT2D eigenvalue weighted by Gasteiger charge is -2.10. The number of halogens is 2. The summed E-state index contributed by atoms with van der Waals surface area (Å²) in [5, 5.41) is 0. The van der Waals surface area contributed by atoms with Crippen LogP contribution in [-0.4, -0.2) is 6.71 Å². The Bertz CT molecular complexity index is 396. The van der Waals surface area contributed by atoms with Gasteiger partial charge in [-0.05, 0) is 17.8 Å². The molecule has 0 amide bonds. The third-order valence-electron chi connectivity index (χ3n) is 2.34. The minimum Gasteiger partial charge on any atom is -0.207 e. The molecule has 0 fully saturated rings. The van der Waals surface area contributed by atoms with Gasteiger partial charge in [-0.1, -0.05) is 24.3 Å². The van der Waals surface area contributed by atoms with Crippen molar-refractivity contribution in [3.05, 3.63) is 54.0 Å². The number of hydrogen-bond donors (Lipinski definition) is 0. The molecule has 0 radical (unpaired) electrons. The van der Waals surface area contributed by atoms with E-state index in [2.05, 4.69) is 0 Å². The largest absolute Gasteiger partial charge is 0.208 e. The summed E-state index contributed by atoms with van der Waals surface area (Å²) < 4.78 is 26.0. The van der Waals surface area contributed by atoms with E-state index in [1.165, 1.54) is 12.1 Å². The Morgan fingerprint density at radius 1 is 1.14 bits per heavy atom. The SMILES string of the molecule is Fc1ccc(B2C=CC=CC2)c(F)c1. The lowest BCUT2D eigenvalue weighted by Crippen LogP contribution is -2.31. The maximum Gasteiger partial charge on any atom is 0.208 e. The Hall–Kier alpha value is -1.38. The second kappa shape index (κ2) is 3.78. The van der Waals surface area contributed by atoms with Gasteiger partial charge in [-0.25, -0.2) is 8.78 Å². The van der Waals surface area contributed by atoms with Crippen LogP contribution in [0, 0.1) is 11.6 Å². The van der Waals surface area contributed by atoms with E-state index in [4.69, 9.17) is 0 Å². The molecule has 0 aromatic heterocycles. The van der Waals surface area contributed by atoms with E-state index in [9.17, 15) is 8.78 Å². The fourth-order valence-corrected chi connectivity index (χ4v) is 1.61. The molecule has 1 heterocycles. The molecule has 0 bridgehead atoms. The van der Waals surface area contributed by atoms with Crippen molar-refractivity contribution in [1.82, 2.24) is 0 Å². The highest BCUT2D eigenvalue weighted by Gasteiger charge is 2.17. The fourth-order valence-electron chi connectivity index (χ4n) is 1.61. The van der Waals surface area contributed by atoms with Crippen molar-refractivity contribution in [2.24, 2.45) is 0 Å². The Morgan fingerprint density at radius 2 is 2.00 bits per heavy atom. The molecule has 0 atom stereocenters. The predicted molar refractivity (Wildman–Crippen MR) is 54.8 cm³/mol. The number of hydrogen-bond acceptors (Lipinski definition) is 0. The van der Waals surface area contributed by atoms with Crippen LogP contribution in [0.1, 0.15) is 0 Å². The van der Waals surface area contributed by atoms with Crippen LogP contribution in [0.15, 0.2) is 42.4 Å². The number of rotatable bonds is 1. The van der Waals surface area contributed by atoms with E-state index in [1.54, 1.807) is 0 Å². The van der Waals surface area contributed by atoms with Gasteiger partial charge in [0.25, 0.3) is 0 Å². The summed E-state index contributed by atoms with van der Waals surface area (Å²) in [5.74, 6) is 0.938. The molecule has 0 N–H and O–H groups in total. The molecule has 0 saturated carbocycles. The first-order valence-electron chi connectivity index (χ1n) is 4.55. The molecule has 1 aliphatic heterocycles. The topological polar surface area (TPSA) is 0 Å². The van der Waals surface area contributed by atoms with Crippen LogP contribution in [0.4, 0.5) is 8.78 Å². The van der Waals surface area contributed by atoms with Crippen LogP contribution in [0.5, 0.6) is 0 Å². The minimum absolute atomic E-state index is 0.0422. The summed E-state index contributed by atoms with van der Waals surface area (Å²) >= 11 is 0. The van der Waals surface area contributed by atoms with Gasteiger partial charge >= 0.3 is 0 Å². The van der Waals surface area contributed by atoms with E-state index >= 15 is 0 Å². The van der Waals surface area contributed by atoms with Gasteiger partial charge in [-0.3, -0.25) is 0 Å². The summed E-state index contributed by atoms with van der Waals surface area (Å²) in [4.78, 5) is 0. The van der Waals surface area contributed by atoms with E-state index in [0.717, 1.165) is 12.4 Å². The molecule has 0 aliphatic carbocycles. The van der Waals surface area contributed by atoms with Gasteiger partial charge in [0.2, 0.25) is 6.71 Å². The molecule has 1 aromatic rings. The van der Waals surface area contributed by atoms with Crippen molar-refractivity contribution >= 4 is 12.2 Å². The van der Waals surface area contributed by atoms with E-state index in [1.807, 2.05) is 24.2 Å². The molecule has 14 heavy (non-hydrogen) atoms. The van der Waals surface area contributed by atoms with Crippen LogP contribution in [0.25, 0.3) is 0 Å². The van der Waals surface area contributed by atoms with E-state index < -0.39 is 11.6 Å². The van der Waals surface area contributed by atoms with Gasteiger partial charge in [0.1, 0.15) is 11.6 Å². The molecule has 1 aliphatic rings. The highest BCUT2D eigenvalue weighted by molar-refractivity contribution is 6.78. The van der Waals surface area contributed by atoms with E-state index in [0.29, 0.717) is 5.46 Å². The zero-order valence-corrected chi connectivity index (χ0v) is 7.58. The summed E-state index contributed by atoms with van der Waals surface area (Å²) in [6.45, 7) is 0.0422. The lowest BCUT2D eigenvalue weighted by atomic mass is 9.42. The van der Waals surface area contributed by atoms with Gasteiger partial charge in [-0.15, -0.1) is 5.98 Å². The third kappa shape index (κ3) is 1.76. The third-order valence-corrected chi connectivity index (χ3v) is 2.34. The predicted octanol–water partition coefficient (Wildman–Crippen LogP) is 2.33. The molecular weight excluding hydrogens is 181 g/mol. The monoisotopic (exact) mass is 190 g/mol. The Morgan fingerprint density at radius 3 is 2.64 bits per heavy atom. The molecule has 1 aromatic carbocycles. The van der Waals surface area contributed by atoms with Crippen molar-refractivity contribution in [1.29, 1.82) is 0 Å². The van der Waals surface area contributed by atoms with Crippen molar-refractivity contribution in [3.63, 3.8) is 0 Å². The quantitative estimate of drug-likeness (QED) is 0.596. The highest BCUT2D eigenvalue weighted by atomic mass is 19.1. The standard InChI is InChI=1S/C11H9BF2/c13-9-4-5-10(11(14)8-9)12-6-2-1-3-7-12/h1-6,8H,7H2. The first kappa shape index (κ1) is 9.19. The summed E-state index contributed by atoms with van der Waals surface area (Å²) in [6.07, 6.45) is 6.57. The van der Waals surface area contributed by atoms with Gasteiger partial charge < -0.3 is 0 Å². The van der Waals surface area contributed by atoms with Gasteiger partial charge in [0.15, 0.2) is 0 Å². The van der Waals surface area contributed by atoms with Gasteiger partial charge in [-0.2, -0.15) is 0 Å². The van der Waals surface area contributed by atoms with Crippen molar-refractivity contribution in [3.8, 4) is 0 Å². The fraction of sp³-hybridized carbons (Fsp3) is 0.0909. The molecule has 0 nitrogen and oxygen atoms in total. The summed E-state index contributed by atoms with van der Waals surface area (Å²) in [7, 11) is 0. The lowest BCUT2D eigenvalue weighted by molar-refractivity contribution is 0.588. The van der Waals surface area contributed by atoms with Crippen LogP contribution in [0.2, 0.25) is 6.32 Å². The number of benzene rings is 1. The summed E-state index contributed by atoms with van der Waals surface area (Å²) in [5.41, 5.74) is 0.562. The minimum atomic E-state index is -0.526. The maximum absolute atomic E-state index is 13.3. The second-order valence-electron chi connectivity index (χ2n) is 3.32. The van der Waals surface area contributed by atoms with Crippen LogP contribution < -0.4 is 5.46 Å². The van der Waals surface area contributed by atoms with Crippen LogP contribution >= 0.6 is 0 Å². The van der Waals surface area contributed by atoms with Crippen molar-refractivity contribution in [2.45, 2.75) is 6.32 Å². The first-order chi connectivity index (χ1) is 6.77. The molecule has 3 heteroatoms. The maximum atomic E-state index is 13.3. The van der Waals surface area contributed by atoms with Crippen molar-refractivity contribution < 1.29 is 8.78 Å². The first-order valence-corrected chi connectivity index (χ1v) is 4.55. The Labute approximate surface area is 82.0 Å². The normalized spacial score (nSPS) is 14.9. The number of allylic oxidation sites excluding steroid dienone is 3. The zero-order chi connectivity index (χ0) is 9.97. The molecular formula is C11H9BF2. The molecule has 0 saturated heterocycles. The Kier molecular flexibility index (Phi) is 2.48. The average molecular weight is 190 g/mol. The zero-order valence-electron chi connectivity index (χ0n) is 7.58. The molecule has 70 valence electrons. The highest BCUT2D eigenvalue weighted by Crippen LogP contribution is 2.07. The van der Waals surface area contributed by atoms with Crippen molar-refractivity contribution in [2.75, 3.05) is 0 Å². The van der Waals surface area contributed by atoms with Crippen LogP contribution in [0.3, 0.4) is 0 Å². The second-order valence-corrected chi connectivity index (χ2v) is 3.32. The van der Waals surface area contributed by atoms with Gasteiger partial charge in [0, 0.05) is 6.07 Å².